The van der Waals surface area contributed by atoms with Crippen molar-refractivity contribution in [3.8, 4) is 5.75 Å². The molecule has 2 heterocycles. The van der Waals surface area contributed by atoms with Crippen LogP contribution in [0.2, 0.25) is 0 Å². The van der Waals surface area contributed by atoms with Crippen LogP contribution >= 0.6 is 11.8 Å². The number of hydrogen-bond donors (Lipinski definition) is 2. The van der Waals surface area contributed by atoms with Crippen LogP contribution in [-0.2, 0) is 9.53 Å². The zero-order valence-corrected chi connectivity index (χ0v) is 18.8. The number of H-pyrrole nitrogens is 1. The van der Waals surface area contributed by atoms with Gasteiger partial charge in [0.1, 0.15) is 18.2 Å². The first-order valence-electron chi connectivity index (χ1n) is 10.2. The number of benzene rings is 1. The van der Waals surface area contributed by atoms with Crippen molar-refractivity contribution in [2.24, 2.45) is 0 Å². The number of anilines is 1. The molecule has 2 N–H and O–H groups in total. The van der Waals surface area contributed by atoms with Gasteiger partial charge in [0.25, 0.3) is 5.56 Å². The van der Waals surface area contributed by atoms with Crippen molar-refractivity contribution in [3.63, 3.8) is 0 Å². The molecule has 3 rings (SSSR count). The normalized spacial score (nSPS) is 15.1. The van der Waals surface area contributed by atoms with Gasteiger partial charge in [0.15, 0.2) is 5.16 Å². The number of rotatable bonds is 9. The number of ether oxygens (including phenoxy) is 2. The highest BCUT2D eigenvalue weighted by Gasteiger charge is 2.36. The average molecular weight is 442 g/mol. The molecule has 0 amide bonds. The molecule has 31 heavy (non-hydrogen) atoms. The summed E-state index contributed by atoms with van der Waals surface area (Å²) in [5.74, 6) is 0.795. The van der Waals surface area contributed by atoms with Crippen molar-refractivity contribution in [1.82, 2.24) is 9.97 Å². The number of methoxy groups -OCH3 is 1. The summed E-state index contributed by atoms with van der Waals surface area (Å²) in [6.07, 6.45) is 3.60. The van der Waals surface area contributed by atoms with Crippen LogP contribution in [-0.4, -0.2) is 35.4 Å². The van der Waals surface area contributed by atoms with Gasteiger partial charge in [0.05, 0.1) is 24.2 Å². The zero-order chi connectivity index (χ0) is 22.4. The van der Waals surface area contributed by atoms with Gasteiger partial charge >= 0.3 is 5.97 Å². The molecule has 1 atom stereocenters. The van der Waals surface area contributed by atoms with E-state index in [0.29, 0.717) is 33.6 Å². The quantitative estimate of drug-likeness (QED) is 0.198. The molecule has 8 heteroatoms. The van der Waals surface area contributed by atoms with E-state index in [1.807, 2.05) is 24.3 Å². The van der Waals surface area contributed by atoms with E-state index < -0.39 is 11.9 Å². The lowest BCUT2D eigenvalue weighted by molar-refractivity contribution is -0.138. The lowest BCUT2D eigenvalue weighted by Crippen LogP contribution is -2.31. The van der Waals surface area contributed by atoms with Crippen LogP contribution in [0.1, 0.15) is 43.7 Å². The number of carbonyl (C=O) groups is 1. The summed E-state index contributed by atoms with van der Waals surface area (Å²) in [6.45, 7) is 7.57. The summed E-state index contributed by atoms with van der Waals surface area (Å²) in [4.78, 5) is 33.6. The third kappa shape index (κ3) is 5.02. The first-order valence-corrected chi connectivity index (χ1v) is 11.2. The number of esters is 1. The molecule has 2 aromatic rings. The average Bonchev–Trinajstić information content (AvgIpc) is 2.76. The van der Waals surface area contributed by atoms with Gasteiger partial charge in [-0.2, -0.15) is 0 Å². The predicted molar refractivity (Wildman–Crippen MR) is 123 cm³/mol. The summed E-state index contributed by atoms with van der Waals surface area (Å²) in [6, 6.07) is 7.32. The van der Waals surface area contributed by atoms with E-state index in [-0.39, 0.29) is 12.2 Å². The van der Waals surface area contributed by atoms with E-state index in [1.54, 1.807) is 14.0 Å². The van der Waals surface area contributed by atoms with Gasteiger partial charge in [-0.05, 0) is 31.0 Å². The third-order valence-electron chi connectivity index (χ3n) is 4.94. The topological polar surface area (TPSA) is 93.3 Å². The molecule has 7 nitrogen and oxygen atoms in total. The predicted octanol–water partition coefficient (Wildman–Crippen LogP) is 4.23. The number of aromatic amines is 1. The maximum absolute atomic E-state index is 13.2. The minimum Gasteiger partial charge on any atom is -0.497 e. The highest BCUT2D eigenvalue weighted by Crippen LogP contribution is 2.40. The first kappa shape index (κ1) is 22.7. The standard InChI is InChI=1S/C23H27N3O4S/c1-5-7-12-31-23-25-20-19(21(27)26-23)18(15-9-8-10-16(13-15)29-4)17(14(3)24-20)22(28)30-11-6-2/h6,8-10,13,18H,2,5,7,11-12H2,1,3-4H3,(H2,24,25,26,27)/t18-/m0/s1. The Hall–Kier alpha value is -3.00. The summed E-state index contributed by atoms with van der Waals surface area (Å²) in [5.41, 5.74) is 1.79. The Morgan fingerprint density at radius 1 is 1.39 bits per heavy atom. The van der Waals surface area contributed by atoms with Crippen LogP contribution in [0.5, 0.6) is 5.75 Å². The number of nitrogens with one attached hydrogen (secondary N) is 2. The molecule has 1 aliphatic rings. The second-order valence-electron chi connectivity index (χ2n) is 7.10. The highest BCUT2D eigenvalue weighted by molar-refractivity contribution is 7.99. The molecule has 0 radical (unpaired) electrons. The van der Waals surface area contributed by atoms with Crippen LogP contribution in [0.4, 0.5) is 5.82 Å². The van der Waals surface area contributed by atoms with E-state index in [0.717, 1.165) is 24.2 Å². The fourth-order valence-corrected chi connectivity index (χ4v) is 4.40. The minimum absolute atomic E-state index is 0.0783. The Morgan fingerprint density at radius 2 is 2.19 bits per heavy atom. The van der Waals surface area contributed by atoms with Crippen molar-refractivity contribution in [1.29, 1.82) is 0 Å². The van der Waals surface area contributed by atoms with E-state index in [1.165, 1.54) is 17.8 Å². The number of nitrogens with zero attached hydrogens (tertiary/aromatic N) is 1. The molecule has 0 fully saturated rings. The minimum atomic E-state index is -0.644. The molecule has 164 valence electrons. The van der Waals surface area contributed by atoms with Gasteiger partial charge in [-0.3, -0.25) is 4.79 Å². The number of aromatic nitrogens is 2. The molecule has 1 aromatic carbocycles. The lowest BCUT2D eigenvalue weighted by Gasteiger charge is -2.29. The second-order valence-corrected chi connectivity index (χ2v) is 8.18. The maximum Gasteiger partial charge on any atom is 0.337 e. The first-order chi connectivity index (χ1) is 15.0. The Bertz CT molecular complexity index is 1060. The third-order valence-corrected chi connectivity index (χ3v) is 5.90. The zero-order valence-electron chi connectivity index (χ0n) is 18.0. The number of unbranched alkanes of at least 4 members (excludes halogenated alkanes) is 1. The molecular weight excluding hydrogens is 414 g/mol. The number of fused-ring (bicyclic) bond motifs is 1. The van der Waals surface area contributed by atoms with Crippen molar-refractivity contribution >= 4 is 23.5 Å². The maximum atomic E-state index is 13.2. The van der Waals surface area contributed by atoms with Crippen LogP contribution < -0.4 is 15.6 Å². The molecule has 0 aliphatic carbocycles. The number of thioether (sulfide) groups is 1. The molecule has 0 saturated heterocycles. The SMILES string of the molecule is C=CCOC(=O)C1=C(C)Nc2nc(SCCCC)[nH]c(=O)c2[C@H]1c1cccc(OC)c1. The fraction of sp³-hybridized carbons (Fsp3) is 0.348. The van der Waals surface area contributed by atoms with Crippen molar-refractivity contribution < 1.29 is 14.3 Å². The van der Waals surface area contributed by atoms with Gasteiger partial charge in [0.2, 0.25) is 0 Å². The van der Waals surface area contributed by atoms with Crippen LogP contribution in [0, 0.1) is 0 Å². The number of allylic oxidation sites excluding steroid dienone is 1. The van der Waals surface area contributed by atoms with E-state index in [2.05, 4.69) is 28.8 Å². The lowest BCUT2D eigenvalue weighted by atomic mass is 9.82. The summed E-state index contributed by atoms with van der Waals surface area (Å²) in [5, 5.41) is 3.70. The van der Waals surface area contributed by atoms with Crippen molar-refractivity contribution in [2.45, 2.75) is 37.8 Å². The van der Waals surface area contributed by atoms with Crippen LogP contribution in [0.15, 0.2) is 58.1 Å². The Kier molecular flexibility index (Phi) is 7.57. The van der Waals surface area contributed by atoms with E-state index >= 15 is 0 Å². The van der Waals surface area contributed by atoms with Crippen LogP contribution in [0.3, 0.4) is 0 Å². The molecular formula is C23H27N3O4S. The molecule has 0 unspecified atom stereocenters. The van der Waals surface area contributed by atoms with E-state index in [9.17, 15) is 9.59 Å². The van der Waals surface area contributed by atoms with Gasteiger partial charge in [0, 0.05) is 11.4 Å². The van der Waals surface area contributed by atoms with Crippen molar-refractivity contribution in [2.75, 3.05) is 24.8 Å². The van der Waals surface area contributed by atoms with Gasteiger partial charge in [-0.1, -0.05) is 49.9 Å². The molecule has 0 bridgehead atoms. The van der Waals surface area contributed by atoms with Gasteiger partial charge in [-0.25, -0.2) is 9.78 Å². The number of hydrogen-bond acceptors (Lipinski definition) is 7. The highest BCUT2D eigenvalue weighted by atomic mass is 32.2. The van der Waals surface area contributed by atoms with Gasteiger partial charge < -0.3 is 19.8 Å². The molecule has 1 aliphatic heterocycles. The Balaban J connectivity index is 2.13. The number of carbonyl (C=O) groups excluding carboxylic acids is 1. The summed E-state index contributed by atoms with van der Waals surface area (Å²) in [7, 11) is 1.57. The van der Waals surface area contributed by atoms with Crippen LogP contribution in [0.25, 0.3) is 0 Å². The second kappa shape index (κ2) is 10.3. The Morgan fingerprint density at radius 3 is 2.90 bits per heavy atom. The van der Waals surface area contributed by atoms with Crippen molar-refractivity contribution in [3.05, 3.63) is 69.7 Å². The summed E-state index contributed by atoms with van der Waals surface area (Å²) >= 11 is 1.51. The molecule has 0 spiro atoms. The molecule has 1 aromatic heterocycles. The van der Waals surface area contributed by atoms with E-state index in [4.69, 9.17) is 9.47 Å². The largest absolute Gasteiger partial charge is 0.497 e. The Labute approximate surface area is 186 Å². The smallest absolute Gasteiger partial charge is 0.337 e. The molecule has 0 saturated carbocycles. The fourth-order valence-electron chi connectivity index (χ4n) is 3.45. The summed E-state index contributed by atoms with van der Waals surface area (Å²) < 4.78 is 10.7. The monoisotopic (exact) mass is 441 g/mol. The van der Waals surface area contributed by atoms with Gasteiger partial charge in [-0.15, -0.1) is 0 Å².